The SMILES string of the molecule is CC(C)(C)CCOCc1ccc(C(C)(C)C)cc1-n1nc2ccccc2n1. The van der Waals surface area contributed by atoms with Crippen LogP contribution in [0.4, 0.5) is 0 Å². The van der Waals surface area contributed by atoms with Crippen LogP contribution in [0.1, 0.15) is 59.1 Å². The normalized spacial score (nSPS) is 12.7. The van der Waals surface area contributed by atoms with Gasteiger partial charge in [-0.1, -0.05) is 65.8 Å². The summed E-state index contributed by atoms with van der Waals surface area (Å²) >= 11 is 0. The van der Waals surface area contributed by atoms with Crippen molar-refractivity contribution >= 4 is 11.0 Å². The zero-order chi connectivity index (χ0) is 19.7. The second-order valence-electron chi connectivity index (χ2n) is 9.43. The lowest BCUT2D eigenvalue weighted by atomic mass is 9.86. The summed E-state index contributed by atoms with van der Waals surface area (Å²) < 4.78 is 5.99. The van der Waals surface area contributed by atoms with Gasteiger partial charge in [-0.05, 0) is 41.0 Å². The molecule has 0 saturated heterocycles. The number of rotatable bonds is 5. The zero-order valence-electron chi connectivity index (χ0n) is 17.4. The monoisotopic (exact) mass is 365 g/mol. The Bertz CT molecular complexity index is 880. The van der Waals surface area contributed by atoms with Gasteiger partial charge in [0, 0.05) is 12.2 Å². The molecule has 1 heterocycles. The average molecular weight is 366 g/mol. The molecule has 1 aromatic heterocycles. The predicted octanol–water partition coefficient (Wildman–Crippen LogP) is 5.67. The number of benzene rings is 2. The second kappa shape index (κ2) is 7.43. The van der Waals surface area contributed by atoms with Crippen molar-refractivity contribution in [3.05, 3.63) is 53.6 Å². The number of hydrogen-bond donors (Lipinski definition) is 0. The molecule has 0 unspecified atom stereocenters. The summed E-state index contributed by atoms with van der Waals surface area (Å²) in [5, 5.41) is 9.37. The lowest BCUT2D eigenvalue weighted by Crippen LogP contribution is -2.14. The molecule has 0 bridgehead atoms. The Morgan fingerprint density at radius 1 is 0.889 bits per heavy atom. The third-order valence-corrected chi connectivity index (χ3v) is 4.71. The molecule has 0 amide bonds. The van der Waals surface area contributed by atoms with Crippen LogP contribution in [-0.4, -0.2) is 21.6 Å². The molecule has 0 spiro atoms. The number of nitrogens with zero attached hydrogens (tertiary/aromatic N) is 3. The van der Waals surface area contributed by atoms with Gasteiger partial charge in [-0.3, -0.25) is 0 Å². The summed E-state index contributed by atoms with van der Waals surface area (Å²) in [5.74, 6) is 0. The highest BCUT2D eigenvalue weighted by molar-refractivity contribution is 5.73. The van der Waals surface area contributed by atoms with Crippen LogP contribution < -0.4 is 0 Å². The van der Waals surface area contributed by atoms with E-state index in [2.05, 4.69) is 69.9 Å². The Kier molecular flexibility index (Phi) is 5.38. The van der Waals surface area contributed by atoms with E-state index in [-0.39, 0.29) is 10.8 Å². The minimum Gasteiger partial charge on any atom is -0.377 e. The van der Waals surface area contributed by atoms with Crippen LogP contribution in [0.15, 0.2) is 42.5 Å². The van der Waals surface area contributed by atoms with Crippen LogP contribution in [-0.2, 0) is 16.8 Å². The van der Waals surface area contributed by atoms with Crippen LogP contribution in [0.5, 0.6) is 0 Å². The van der Waals surface area contributed by atoms with Gasteiger partial charge in [-0.15, -0.1) is 10.2 Å². The topological polar surface area (TPSA) is 39.9 Å². The van der Waals surface area contributed by atoms with Crippen molar-refractivity contribution in [2.24, 2.45) is 5.41 Å². The summed E-state index contributed by atoms with van der Waals surface area (Å²) in [7, 11) is 0. The third kappa shape index (κ3) is 4.95. The highest BCUT2D eigenvalue weighted by Gasteiger charge is 2.18. The molecule has 4 heteroatoms. The van der Waals surface area contributed by atoms with E-state index < -0.39 is 0 Å². The van der Waals surface area contributed by atoms with E-state index in [1.807, 2.05) is 24.3 Å². The maximum absolute atomic E-state index is 5.99. The summed E-state index contributed by atoms with van der Waals surface area (Å²) in [6.45, 7) is 14.7. The molecule has 0 fully saturated rings. The van der Waals surface area contributed by atoms with Crippen molar-refractivity contribution in [2.75, 3.05) is 6.61 Å². The molecule has 0 aliphatic heterocycles. The first-order valence-corrected chi connectivity index (χ1v) is 9.67. The Labute approximate surface area is 162 Å². The highest BCUT2D eigenvalue weighted by atomic mass is 16.5. The van der Waals surface area contributed by atoms with E-state index in [9.17, 15) is 0 Å². The number of aromatic nitrogens is 3. The smallest absolute Gasteiger partial charge is 0.113 e. The first-order chi connectivity index (χ1) is 12.6. The summed E-state index contributed by atoms with van der Waals surface area (Å²) in [6, 6.07) is 14.5. The summed E-state index contributed by atoms with van der Waals surface area (Å²) in [6.07, 6.45) is 1.03. The molecule has 3 rings (SSSR count). The molecule has 4 nitrogen and oxygen atoms in total. The van der Waals surface area contributed by atoms with Crippen LogP contribution in [0.3, 0.4) is 0 Å². The lowest BCUT2D eigenvalue weighted by molar-refractivity contribution is 0.0960. The Balaban J connectivity index is 1.92. The van der Waals surface area contributed by atoms with Gasteiger partial charge >= 0.3 is 0 Å². The van der Waals surface area contributed by atoms with Gasteiger partial charge in [0.15, 0.2) is 0 Å². The minimum atomic E-state index is 0.0624. The standard InChI is InChI=1S/C23H31N3O/c1-22(2,3)13-14-27-16-17-11-12-18(23(4,5)6)15-21(17)26-24-19-9-7-8-10-20(19)25-26/h7-12,15H,13-14,16H2,1-6H3. The van der Waals surface area contributed by atoms with Gasteiger partial charge in [-0.2, -0.15) is 4.80 Å². The fraction of sp³-hybridized carbons (Fsp3) is 0.478. The van der Waals surface area contributed by atoms with Crippen molar-refractivity contribution in [3.63, 3.8) is 0 Å². The molecule has 0 aliphatic carbocycles. The Hall–Kier alpha value is -2.20. The van der Waals surface area contributed by atoms with E-state index in [1.54, 1.807) is 4.80 Å². The predicted molar refractivity (Wildman–Crippen MR) is 111 cm³/mol. The number of fused-ring (bicyclic) bond motifs is 1. The zero-order valence-corrected chi connectivity index (χ0v) is 17.4. The maximum Gasteiger partial charge on any atom is 0.113 e. The van der Waals surface area contributed by atoms with Crippen LogP contribution >= 0.6 is 0 Å². The molecular formula is C23H31N3O. The van der Waals surface area contributed by atoms with Crippen molar-refractivity contribution in [1.29, 1.82) is 0 Å². The van der Waals surface area contributed by atoms with Crippen molar-refractivity contribution < 1.29 is 4.74 Å². The maximum atomic E-state index is 5.99. The molecular weight excluding hydrogens is 334 g/mol. The molecule has 0 atom stereocenters. The average Bonchev–Trinajstić information content (AvgIpc) is 3.01. The fourth-order valence-corrected chi connectivity index (χ4v) is 2.87. The van der Waals surface area contributed by atoms with E-state index in [0.29, 0.717) is 6.61 Å². The molecule has 0 aliphatic rings. The fourth-order valence-electron chi connectivity index (χ4n) is 2.87. The second-order valence-corrected chi connectivity index (χ2v) is 9.43. The highest BCUT2D eigenvalue weighted by Crippen LogP contribution is 2.27. The van der Waals surface area contributed by atoms with Crippen molar-refractivity contribution in [1.82, 2.24) is 15.0 Å². The minimum absolute atomic E-state index is 0.0624. The van der Waals surface area contributed by atoms with Crippen LogP contribution in [0.2, 0.25) is 0 Å². The van der Waals surface area contributed by atoms with E-state index in [0.717, 1.165) is 35.3 Å². The first-order valence-electron chi connectivity index (χ1n) is 9.67. The van der Waals surface area contributed by atoms with E-state index >= 15 is 0 Å². The molecule has 2 aromatic carbocycles. The van der Waals surface area contributed by atoms with Crippen molar-refractivity contribution in [2.45, 2.75) is 60.0 Å². The Morgan fingerprint density at radius 2 is 1.52 bits per heavy atom. The van der Waals surface area contributed by atoms with Gasteiger partial charge in [0.1, 0.15) is 11.0 Å². The van der Waals surface area contributed by atoms with Gasteiger partial charge in [0.2, 0.25) is 0 Å². The van der Waals surface area contributed by atoms with Crippen molar-refractivity contribution in [3.8, 4) is 5.69 Å². The van der Waals surface area contributed by atoms with Crippen LogP contribution in [0.25, 0.3) is 16.7 Å². The van der Waals surface area contributed by atoms with Gasteiger partial charge in [0.25, 0.3) is 0 Å². The molecule has 144 valence electrons. The molecule has 0 saturated carbocycles. The molecule has 3 aromatic rings. The molecule has 27 heavy (non-hydrogen) atoms. The van der Waals surface area contributed by atoms with E-state index in [1.165, 1.54) is 5.56 Å². The lowest BCUT2D eigenvalue weighted by Gasteiger charge is -2.21. The largest absolute Gasteiger partial charge is 0.377 e. The van der Waals surface area contributed by atoms with E-state index in [4.69, 9.17) is 4.74 Å². The van der Waals surface area contributed by atoms with Crippen LogP contribution in [0, 0.1) is 5.41 Å². The Morgan fingerprint density at radius 3 is 2.07 bits per heavy atom. The molecule has 0 radical (unpaired) electrons. The third-order valence-electron chi connectivity index (χ3n) is 4.71. The first kappa shape index (κ1) is 19.6. The summed E-state index contributed by atoms with van der Waals surface area (Å²) in [4.78, 5) is 1.75. The van der Waals surface area contributed by atoms with Gasteiger partial charge in [-0.25, -0.2) is 0 Å². The van der Waals surface area contributed by atoms with Gasteiger partial charge < -0.3 is 4.74 Å². The molecule has 0 N–H and O–H groups in total. The number of ether oxygens (including phenoxy) is 1. The van der Waals surface area contributed by atoms with Gasteiger partial charge in [0.05, 0.1) is 12.3 Å². The summed E-state index contributed by atoms with van der Waals surface area (Å²) in [5.41, 5.74) is 5.51. The number of hydrogen-bond acceptors (Lipinski definition) is 3. The quantitative estimate of drug-likeness (QED) is 0.547.